The van der Waals surface area contributed by atoms with Gasteiger partial charge in [-0.1, -0.05) is 60.2 Å². The third kappa shape index (κ3) is 4.88. The predicted molar refractivity (Wildman–Crippen MR) is 95.6 cm³/mol. The molecular weight excluding hydrogens is 323 g/mol. The SMILES string of the molecule is COP(=O)(CC(=O)C[C@H](c1ccccc1)c1cccc(C)c1)OC. The minimum atomic E-state index is -3.34. The first-order chi connectivity index (χ1) is 11.5. The van der Waals surface area contributed by atoms with E-state index in [9.17, 15) is 9.36 Å². The first kappa shape index (κ1) is 18.6. The summed E-state index contributed by atoms with van der Waals surface area (Å²) in [4.78, 5) is 12.5. The van der Waals surface area contributed by atoms with Crippen LogP contribution in [0.3, 0.4) is 0 Å². The van der Waals surface area contributed by atoms with Crippen LogP contribution in [0.4, 0.5) is 0 Å². The van der Waals surface area contributed by atoms with Crippen molar-refractivity contribution in [2.24, 2.45) is 0 Å². The molecule has 5 heteroatoms. The fraction of sp³-hybridized carbons (Fsp3) is 0.316. The number of aryl methyl sites for hydroxylation is 1. The molecule has 0 aliphatic heterocycles. The van der Waals surface area contributed by atoms with Crippen molar-refractivity contribution in [1.82, 2.24) is 0 Å². The smallest absolute Gasteiger partial charge is 0.312 e. The highest BCUT2D eigenvalue weighted by Crippen LogP contribution is 2.46. The Morgan fingerprint density at radius 1 is 1.00 bits per heavy atom. The second kappa shape index (κ2) is 8.39. The molecule has 0 bridgehead atoms. The van der Waals surface area contributed by atoms with Crippen LogP contribution in [-0.4, -0.2) is 26.2 Å². The van der Waals surface area contributed by atoms with Crippen LogP contribution in [0.2, 0.25) is 0 Å². The van der Waals surface area contributed by atoms with Gasteiger partial charge < -0.3 is 9.05 Å². The molecular formula is C19H23O4P. The molecule has 0 amide bonds. The van der Waals surface area contributed by atoms with Gasteiger partial charge in [0.1, 0.15) is 11.9 Å². The third-order valence-electron chi connectivity index (χ3n) is 4.00. The van der Waals surface area contributed by atoms with Gasteiger partial charge in [0.15, 0.2) is 0 Å². The van der Waals surface area contributed by atoms with Gasteiger partial charge in [-0.25, -0.2) is 0 Å². The zero-order valence-corrected chi connectivity index (χ0v) is 15.2. The molecule has 2 aromatic rings. The Bertz CT molecular complexity index is 719. The number of benzene rings is 2. The molecule has 0 heterocycles. The average molecular weight is 346 g/mol. The summed E-state index contributed by atoms with van der Waals surface area (Å²) in [6.45, 7) is 2.03. The summed E-state index contributed by atoms with van der Waals surface area (Å²) in [5, 5.41) is 0. The number of Topliss-reactive ketones (excluding diaryl/α,β-unsaturated/α-hetero) is 1. The standard InChI is InChI=1S/C19H23O4P/c1-15-8-7-11-17(12-15)19(16-9-5-4-6-10-16)13-18(20)14-24(21,22-2)23-3/h4-12,19H,13-14H2,1-3H3/t19-/m1/s1. The quantitative estimate of drug-likeness (QED) is 0.657. The van der Waals surface area contributed by atoms with Crippen LogP contribution in [0.25, 0.3) is 0 Å². The maximum absolute atomic E-state index is 12.5. The molecule has 0 aromatic heterocycles. The van der Waals surface area contributed by atoms with Crippen LogP contribution < -0.4 is 0 Å². The Labute approximate surface area is 143 Å². The summed E-state index contributed by atoms with van der Waals surface area (Å²) >= 11 is 0. The molecule has 0 fully saturated rings. The van der Waals surface area contributed by atoms with Gasteiger partial charge >= 0.3 is 7.60 Å². The van der Waals surface area contributed by atoms with Crippen molar-refractivity contribution >= 4 is 13.4 Å². The summed E-state index contributed by atoms with van der Waals surface area (Å²) in [7, 11) is -0.739. The Morgan fingerprint density at radius 3 is 2.21 bits per heavy atom. The molecule has 0 radical (unpaired) electrons. The van der Waals surface area contributed by atoms with E-state index < -0.39 is 7.60 Å². The largest absolute Gasteiger partial charge is 0.337 e. The molecule has 1 atom stereocenters. The van der Waals surface area contributed by atoms with Crippen LogP contribution in [0, 0.1) is 6.92 Å². The summed E-state index contributed by atoms with van der Waals surface area (Å²) < 4.78 is 22.0. The molecule has 2 aromatic carbocycles. The van der Waals surface area contributed by atoms with E-state index >= 15 is 0 Å². The summed E-state index contributed by atoms with van der Waals surface area (Å²) in [5.74, 6) is -0.224. The van der Waals surface area contributed by atoms with Crippen molar-refractivity contribution in [2.75, 3.05) is 20.4 Å². The van der Waals surface area contributed by atoms with E-state index in [1.165, 1.54) is 14.2 Å². The van der Waals surface area contributed by atoms with Crippen molar-refractivity contribution in [3.8, 4) is 0 Å². The number of ketones is 1. The van der Waals surface area contributed by atoms with E-state index in [-0.39, 0.29) is 24.3 Å². The van der Waals surface area contributed by atoms with Gasteiger partial charge in [0.2, 0.25) is 0 Å². The molecule has 2 rings (SSSR count). The Kier molecular flexibility index (Phi) is 6.50. The first-order valence-corrected chi connectivity index (χ1v) is 9.54. The van der Waals surface area contributed by atoms with Gasteiger partial charge in [0, 0.05) is 26.6 Å². The summed E-state index contributed by atoms with van der Waals surface area (Å²) in [6.07, 6.45) is 0.0410. The van der Waals surface area contributed by atoms with Crippen molar-refractivity contribution < 1.29 is 18.4 Å². The second-order valence-corrected chi connectivity index (χ2v) is 8.02. The van der Waals surface area contributed by atoms with Gasteiger partial charge in [-0.05, 0) is 18.1 Å². The van der Waals surface area contributed by atoms with Gasteiger partial charge in [-0.15, -0.1) is 0 Å². The fourth-order valence-corrected chi connectivity index (χ4v) is 3.68. The lowest BCUT2D eigenvalue weighted by atomic mass is 9.87. The highest BCUT2D eigenvalue weighted by molar-refractivity contribution is 7.54. The highest BCUT2D eigenvalue weighted by Gasteiger charge is 2.28. The lowest BCUT2D eigenvalue weighted by Crippen LogP contribution is -2.13. The summed E-state index contributed by atoms with van der Waals surface area (Å²) in [6, 6.07) is 18.0. The maximum Gasteiger partial charge on any atom is 0.337 e. The molecule has 4 nitrogen and oxygen atoms in total. The Morgan fingerprint density at radius 2 is 1.62 bits per heavy atom. The van der Waals surface area contributed by atoms with E-state index in [0.29, 0.717) is 0 Å². The zero-order chi connectivity index (χ0) is 17.6. The first-order valence-electron chi connectivity index (χ1n) is 7.81. The monoisotopic (exact) mass is 346 g/mol. The lowest BCUT2D eigenvalue weighted by Gasteiger charge is -2.19. The Balaban J connectivity index is 2.27. The van der Waals surface area contributed by atoms with E-state index in [1.54, 1.807) is 0 Å². The molecule has 0 saturated heterocycles. The molecule has 0 unspecified atom stereocenters. The minimum Gasteiger partial charge on any atom is -0.312 e. The normalized spacial score (nSPS) is 12.8. The Hall–Kier alpha value is -1.74. The van der Waals surface area contributed by atoms with E-state index in [1.807, 2.05) is 55.5 Å². The molecule has 128 valence electrons. The van der Waals surface area contributed by atoms with Crippen molar-refractivity contribution in [3.63, 3.8) is 0 Å². The highest BCUT2D eigenvalue weighted by atomic mass is 31.2. The molecule has 0 aliphatic carbocycles. The number of carbonyl (C=O) groups is 1. The van der Waals surface area contributed by atoms with Gasteiger partial charge in [-0.2, -0.15) is 0 Å². The fourth-order valence-electron chi connectivity index (χ4n) is 2.71. The number of rotatable bonds is 8. The molecule has 0 aliphatic rings. The van der Waals surface area contributed by atoms with Crippen LogP contribution in [-0.2, 0) is 18.4 Å². The van der Waals surface area contributed by atoms with Crippen LogP contribution in [0.5, 0.6) is 0 Å². The van der Waals surface area contributed by atoms with E-state index in [0.717, 1.165) is 16.7 Å². The zero-order valence-electron chi connectivity index (χ0n) is 14.3. The lowest BCUT2D eigenvalue weighted by molar-refractivity contribution is -0.117. The average Bonchev–Trinajstić information content (AvgIpc) is 2.60. The predicted octanol–water partition coefficient (Wildman–Crippen LogP) is 4.57. The van der Waals surface area contributed by atoms with Gasteiger partial charge in [0.25, 0.3) is 0 Å². The second-order valence-electron chi connectivity index (χ2n) is 5.75. The van der Waals surface area contributed by atoms with E-state index in [2.05, 4.69) is 6.07 Å². The van der Waals surface area contributed by atoms with Gasteiger partial charge in [-0.3, -0.25) is 9.36 Å². The van der Waals surface area contributed by atoms with Crippen molar-refractivity contribution in [2.45, 2.75) is 19.3 Å². The van der Waals surface area contributed by atoms with Crippen LogP contribution in [0.15, 0.2) is 54.6 Å². The number of hydrogen-bond acceptors (Lipinski definition) is 4. The number of hydrogen-bond donors (Lipinski definition) is 0. The van der Waals surface area contributed by atoms with Crippen molar-refractivity contribution in [3.05, 3.63) is 71.3 Å². The van der Waals surface area contributed by atoms with Crippen molar-refractivity contribution in [1.29, 1.82) is 0 Å². The topological polar surface area (TPSA) is 52.6 Å². The maximum atomic E-state index is 12.5. The molecule has 24 heavy (non-hydrogen) atoms. The molecule has 0 N–H and O–H groups in total. The molecule has 0 spiro atoms. The molecule has 0 saturated carbocycles. The third-order valence-corrected chi connectivity index (χ3v) is 5.86. The summed E-state index contributed by atoms with van der Waals surface area (Å²) in [5.41, 5.74) is 3.26. The van der Waals surface area contributed by atoms with Crippen LogP contribution >= 0.6 is 7.60 Å². The number of carbonyl (C=O) groups excluding carboxylic acids is 1. The minimum absolute atomic E-state index is 0.0826. The van der Waals surface area contributed by atoms with E-state index in [4.69, 9.17) is 9.05 Å². The van der Waals surface area contributed by atoms with Gasteiger partial charge in [0.05, 0.1) is 0 Å². The van der Waals surface area contributed by atoms with Crippen LogP contribution in [0.1, 0.15) is 29.0 Å².